The van der Waals surface area contributed by atoms with Gasteiger partial charge in [0, 0.05) is 41.2 Å². The molecule has 0 aliphatic carbocycles. The minimum absolute atomic E-state index is 0.00837. The Bertz CT molecular complexity index is 1190. The highest BCUT2D eigenvalue weighted by Gasteiger charge is 2.23. The summed E-state index contributed by atoms with van der Waals surface area (Å²) in [7, 11) is 0. The number of nitrogens with zero attached hydrogens (tertiary/aromatic N) is 3. The Kier molecular flexibility index (Phi) is 5.55. The quantitative estimate of drug-likeness (QED) is 0.468. The van der Waals surface area contributed by atoms with Crippen LogP contribution in [0.2, 0.25) is 0 Å². The van der Waals surface area contributed by atoms with Crippen molar-refractivity contribution in [1.29, 1.82) is 0 Å². The van der Waals surface area contributed by atoms with Crippen LogP contribution in [0.1, 0.15) is 22.8 Å². The largest absolute Gasteiger partial charge is 0.312 e. The summed E-state index contributed by atoms with van der Waals surface area (Å²) in [6.07, 6.45) is 2.73. The van der Waals surface area contributed by atoms with Crippen molar-refractivity contribution in [1.82, 2.24) is 9.78 Å². The topological polar surface area (TPSA) is 72.3 Å². The third-order valence-electron chi connectivity index (χ3n) is 5.22. The maximum atomic E-state index is 12.8. The number of anilines is 1. The lowest BCUT2D eigenvalue weighted by atomic mass is 10.1. The van der Waals surface area contributed by atoms with Gasteiger partial charge >= 0.3 is 0 Å². The fourth-order valence-electron chi connectivity index (χ4n) is 3.61. The van der Waals surface area contributed by atoms with E-state index in [9.17, 15) is 14.4 Å². The van der Waals surface area contributed by atoms with Crippen molar-refractivity contribution in [3.05, 3.63) is 76.1 Å². The molecule has 3 aromatic rings. The first-order valence-electron chi connectivity index (χ1n) is 9.63. The van der Waals surface area contributed by atoms with E-state index in [1.54, 1.807) is 34.9 Å². The van der Waals surface area contributed by atoms with Crippen molar-refractivity contribution in [3.8, 4) is 11.3 Å². The van der Waals surface area contributed by atoms with E-state index in [2.05, 4.69) is 5.10 Å². The third kappa shape index (κ3) is 3.93. The molecule has 0 saturated heterocycles. The molecule has 1 aliphatic heterocycles. The Morgan fingerprint density at radius 2 is 1.83 bits per heavy atom. The zero-order valence-corrected chi connectivity index (χ0v) is 17.6. The molecule has 0 radical (unpaired) electrons. The van der Waals surface area contributed by atoms with Crippen LogP contribution >= 0.6 is 11.8 Å². The summed E-state index contributed by atoms with van der Waals surface area (Å²) >= 11 is 1.65. The van der Waals surface area contributed by atoms with Crippen LogP contribution in [-0.2, 0) is 17.8 Å². The van der Waals surface area contributed by atoms with Gasteiger partial charge in [0.25, 0.3) is 5.56 Å². The van der Waals surface area contributed by atoms with E-state index in [-0.39, 0.29) is 23.8 Å². The number of aromatic nitrogens is 2. The number of ketones is 1. The highest BCUT2D eigenvalue weighted by molar-refractivity contribution is 7.98. The van der Waals surface area contributed by atoms with Gasteiger partial charge in [-0.3, -0.25) is 14.4 Å². The third-order valence-corrected chi connectivity index (χ3v) is 5.97. The molecule has 0 bridgehead atoms. The van der Waals surface area contributed by atoms with Crippen molar-refractivity contribution in [3.63, 3.8) is 0 Å². The van der Waals surface area contributed by atoms with Gasteiger partial charge in [0.05, 0.1) is 5.69 Å². The second kappa shape index (κ2) is 8.28. The Labute approximate surface area is 178 Å². The van der Waals surface area contributed by atoms with Gasteiger partial charge in [0.15, 0.2) is 5.78 Å². The van der Waals surface area contributed by atoms with Gasteiger partial charge in [-0.15, -0.1) is 11.8 Å². The van der Waals surface area contributed by atoms with Crippen LogP contribution in [0.3, 0.4) is 0 Å². The van der Waals surface area contributed by atoms with Gasteiger partial charge < -0.3 is 4.90 Å². The molecule has 0 saturated carbocycles. The van der Waals surface area contributed by atoms with Crippen LogP contribution in [-0.4, -0.2) is 34.3 Å². The molecule has 2 aromatic carbocycles. The molecular formula is C23H21N3O3S. The van der Waals surface area contributed by atoms with Crippen LogP contribution in [0.5, 0.6) is 0 Å². The predicted molar refractivity (Wildman–Crippen MR) is 118 cm³/mol. The number of rotatable bonds is 5. The van der Waals surface area contributed by atoms with E-state index in [1.807, 2.05) is 36.6 Å². The minimum atomic E-state index is -0.322. The molecule has 6 nitrogen and oxygen atoms in total. The molecule has 2 heterocycles. The first kappa shape index (κ1) is 20.1. The van der Waals surface area contributed by atoms with Crippen LogP contribution in [0.15, 0.2) is 64.3 Å². The number of Topliss-reactive ketones (excluding diaryl/α,β-unsaturated/α-hetero) is 1. The Hall–Kier alpha value is -3.19. The van der Waals surface area contributed by atoms with Gasteiger partial charge in [0.2, 0.25) is 5.91 Å². The van der Waals surface area contributed by atoms with E-state index < -0.39 is 0 Å². The number of amides is 1. The molecule has 7 heteroatoms. The van der Waals surface area contributed by atoms with Crippen LogP contribution in [0, 0.1) is 0 Å². The Morgan fingerprint density at radius 3 is 2.53 bits per heavy atom. The van der Waals surface area contributed by atoms with E-state index >= 15 is 0 Å². The van der Waals surface area contributed by atoms with Crippen LogP contribution < -0.4 is 10.5 Å². The van der Waals surface area contributed by atoms with Gasteiger partial charge in [-0.25, -0.2) is 4.68 Å². The van der Waals surface area contributed by atoms with Crippen LogP contribution in [0.25, 0.3) is 11.3 Å². The summed E-state index contributed by atoms with van der Waals surface area (Å²) in [6, 6.07) is 16.3. The zero-order chi connectivity index (χ0) is 21.3. The monoisotopic (exact) mass is 419 g/mol. The molecule has 0 N–H and O–H groups in total. The predicted octanol–water partition coefficient (Wildman–Crippen LogP) is 3.42. The number of benzene rings is 2. The van der Waals surface area contributed by atoms with Gasteiger partial charge in [-0.05, 0) is 54.6 Å². The Balaban J connectivity index is 1.57. The van der Waals surface area contributed by atoms with Crippen molar-refractivity contribution >= 4 is 29.1 Å². The molecule has 1 amide bonds. The normalized spacial score (nSPS) is 12.7. The fraction of sp³-hybridized carbons (Fsp3) is 0.217. The van der Waals surface area contributed by atoms with E-state index in [0.29, 0.717) is 17.8 Å². The second-order valence-electron chi connectivity index (χ2n) is 7.13. The lowest BCUT2D eigenvalue weighted by molar-refractivity contribution is -0.116. The molecule has 0 unspecified atom stereocenters. The number of carbonyl (C=O) groups excluding carboxylic acids is 2. The second-order valence-corrected chi connectivity index (χ2v) is 8.01. The number of hydrogen-bond acceptors (Lipinski definition) is 5. The fourth-order valence-corrected chi connectivity index (χ4v) is 4.02. The molecule has 0 atom stereocenters. The average molecular weight is 420 g/mol. The number of carbonyl (C=O) groups is 2. The van der Waals surface area contributed by atoms with Crippen molar-refractivity contribution < 1.29 is 9.59 Å². The van der Waals surface area contributed by atoms with Crippen LogP contribution in [0.4, 0.5) is 5.69 Å². The van der Waals surface area contributed by atoms with E-state index in [0.717, 1.165) is 28.1 Å². The standard InChI is InChI=1S/C23H21N3O3S/c1-15(27)25-12-11-17-13-18(5-9-21(17)25)22(28)14-26-23(29)10-8-20(24-26)16-3-6-19(30-2)7-4-16/h3-10,13H,11-12,14H2,1-2H3. The number of hydrogen-bond donors (Lipinski definition) is 0. The molecule has 152 valence electrons. The summed E-state index contributed by atoms with van der Waals surface area (Å²) < 4.78 is 1.20. The highest BCUT2D eigenvalue weighted by Crippen LogP contribution is 2.29. The summed E-state index contributed by atoms with van der Waals surface area (Å²) in [5.74, 6) is -0.200. The van der Waals surface area contributed by atoms with Crippen molar-refractivity contribution in [2.75, 3.05) is 17.7 Å². The van der Waals surface area contributed by atoms with Gasteiger partial charge in [-0.2, -0.15) is 5.10 Å². The summed E-state index contributed by atoms with van der Waals surface area (Å²) in [6.45, 7) is 2.03. The number of fused-ring (bicyclic) bond motifs is 1. The first-order chi connectivity index (χ1) is 14.5. The summed E-state index contributed by atoms with van der Waals surface area (Å²) in [5, 5.41) is 4.39. The molecule has 0 fully saturated rings. The maximum absolute atomic E-state index is 12.8. The lowest BCUT2D eigenvalue weighted by Crippen LogP contribution is -2.26. The molecular weight excluding hydrogens is 398 g/mol. The molecule has 1 aliphatic rings. The van der Waals surface area contributed by atoms with E-state index in [4.69, 9.17) is 0 Å². The lowest BCUT2D eigenvalue weighted by Gasteiger charge is -2.14. The highest BCUT2D eigenvalue weighted by atomic mass is 32.2. The smallest absolute Gasteiger partial charge is 0.267 e. The number of thioether (sulfide) groups is 1. The summed E-state index contributed by atoms with van der Waals surface area (Å²) in [5.41, 5.74) is 3.54. The van der Waals surface area contributed by atoms with Crippen molar-refractivity contribution in [2.45, 2.75) is 24.8 Å². The average Bonchev–Trinajstić information content (AvgIpc) is 3.19. The Morgan fingerprint density at radius 1 is 1.07 bits per heavy atom. The molecule has 1 aromatic heterocycles. The first-order valence-corrected chi connectivity index (χ1v) is 10.9. The summed E-state index contributed by atoms with van der Waals surface area (Å²) in [4.78, 5) is 39.7. The maximum Gasteiger partial charge on any atom is 0.267 e. The molecule has 0 spiro atoms. The van der Waals surface area contributed by atoms with Gasteiger partial charge in [0.1, 0.15) is 6.54 Å². The van der Waals surface area contributed by atoms with E-state index in [1.165, 1.54) is 17.7 Å². The SMILES string of the molecule is CSc1ccc(-c2ccc(=O)n(CC(=O)c3ccc4c(c3)CCN4C(C)=O)n2)cc1. The van der Waals surface area contributed by atoms with Gasteiger partial charge in [-0.1, -0.05) is 12.1 Å². The minimum Gasteiger partial charge on any atom is -0.312 e. The zero-order valence-electron chi connectivity index (χ0n) is 16.8. The molecule has 4 rings (SSSR count). The van der Waals surface area contributed by atoms with Crippen molar-refractivity contribution in [2.24, 2.45) is 0 Å². The molecule has 30 heavy (non-hydrogen) atoms.